The molecular weight excluding hydrogens is 844 g/mol. The molecule has 1 aliphatic rings. The molecule has 0 bridgehead atoms. The summed E-state index contributed by atoms with van der Waals surface area (Å²) in [6.45, 7) is 29.2. The summed E-state index contributed by atoms with van der Waals surface area (Å²) in [7, 11) is 0. The van der Waals surface area contributed by atoms with E-state index in [1.807, 2.05) is 24.4 Å². The van der Waals surface area contributed by atoms with Crippen LogP contribution in [0.4, 0.5) is 11.4 Å². The fourth-order valence-electron chi connectivity index (χ4n) is 6.74. The third-order valence-electron chi connectivity index (χ3n) is 10.2. The van der Waals surface area contributed by atoms with Crippen molar-refractivity contribution in [2.75, 3.05) is 9.80 Å². The van der Waals surface area contributed by atoms with E-state index in [1.165, 1.54) is 27.6 Å². The first-order chi connectivity index (χ1) is 24.8. The smallest absolute Gasteiger partial charge is 0.135 e. The molecule has 0 amide bonds. The minimum atomic E-state index is -0.0144. The molecule has 0 saturated heterocycles. The van der Waals surface area contributed by atoms with E-state index in [1.54, 1.807) is 0 Å². The SMILES string of the molecule is CC(C)(C)c1cc(N2C=CN(c3[c-]c(Oc4[c-]c5c(cc4)c4cc(C(C)(C)C)ccc4n5-c4cc(C(C)(C)C)ccn4)ccc3)[CH-]2)cc(C(C)(C)C)c1.[Pt]. The van der Waals surface area contributed by atoms with E-state index in [2.05, 4.69) is 189 Å². The molecule has 1 aliphatic heterocycles. The number of benzene rings is 4. The Bertz CT molecular complexity index is 2330. The molecule has 5 nitrogen and oxygen atoms in total. The number of aromatic nitrogens is 2. The van der Waals surface area contributed by atoms with Gasteiger partial charge in [0.25, 0.3) is 0 Å². The van der Waals surface area contributed by atoms with Crippen LogP contribution in [-0.2, 0) is 42.7 Å². The monoisotopic (exact) mass is 896 g/mol. The van der Waals surface area contributed by atoms with Gasteiger partial charge in [-0.3, -0.25) is 0 Å². The van der Waals surface area contributed by atoms with Crippen molar-refractivity contribution in [3.8, 4) is 17.3 Å². The fourth-order valence-corrected chi connectivity index (χ4v) is 6.74. The molecule has 6 heteroatoms. The topological polar surface area (TPSA) is 33.5 Å². The zero-order valence-corrected chi connectivity index (χ0v) is 36.1. The third kappa shape index (κ3) is 7.89. The van der Waals surface area contributed by atoms with E-state index in [9.17, 15) is 0 Å². The average molecular weight is 897 g/mol. The number of anilines is 2. The second-order valence-electron chi connectivity index (χ2n) is 18.6. The molecule has 2 aromatic heterocycles. The van der Waals surface area contributed by atoms with E-state index in [0.717, 1.165) is 33.6 Å². The molecule has 284 valence electrons. The molecule has 7 rings (SSSR count). The first-order valence-electron chi connectivity index (χ1n) is 18.7. The van der Waals surface area contributed by atoms with Crippen LogP contribution in [0.25, 0.3) is 27.6 Å². The molecule has 6 aromatic rings. The molecule has 4 aromatic carbocycles. The Kier molecular flexibility index (Phi) is 10.2. The van der Waals surface area contributed by atoms with Gasteiger partial charge in [-0.2, -0.15) is 12.1 Å². The Morgan fingerprint density at radius 1 is 0.574 bits per heavy atom. The van der Waals surface area contributed by atoms with Gasteiger partial charge >= 0.3 is 0 Å². The number of hydrogen-bond acceptors (Lipinski definition) is 4. The minimum Gasteiger partial charge on any atom is -0.509 e. The van der Waals surface area contributed by atoms with E-state index >= 15 is 0 Å². The second-order valence-corrected chi connectivity index (χ2v) is 18.6. The predicted octanol–water partition coefficient (Wildman–Crippen LogP) is 12.7. The van der Waals surface area contributed by atoms with Crippen molar-refractivity contribution in [2.24, 2.45) is 0 Å². The van der Waals surface area contributed by atoms with Crippen LogP contribution in [0.15, 0.2) is 97.5 Å². The maximum Gasteiger partial charge on any atom is 0.135 e. The maximum atomic E-state index is 6.52. The number of nitrogens with zero attached hydrogens (tertiary/aromatic N) is 4. The van der Waals surface area contributed by atoms with Crippen molar-refractivity contribution in [3.05, 3.63) is 139 Å². The van der Waals surface area contributed by atoms with Gasteiger partial charge < -0.3 is 19.1 Å². The summed E-state index contributed by atoms with van der Waals surface area (Å²) >= 11 is 0. The summed E-state index contributed by atoms with van der Waals surface area (Å²) in [5.41, 5.74) is 9.29. The Balaban J connectivity index is 0.00000497. The number of fused-ring (bicyclic) bond motifs is 3. The molecule has 54 heavy (non-hydrogen) atoms. The van der Waals surface area contributed by atoms with Crippen LogP contribution in [0.1, 0.15) is 105 Å². The quantitative estimate of drug-likeness (QED) is 0.161. The molecule has 0 unspecified atom stereocenters. The van der Waals surface area contributed by atoms with E-state index in [4.69, 9.17) is 9.72 Å². The van der Waals surface area contributed by atoms with Crippen molar-refractivity contribution in [3.63, 3.8) is 0 Å². The average Bonchev–Trinajstić information content (AvgIpc) is 3.70. The largest absolute Gasteiger partial charge is 0.509 e. The van der Waals surface area contributed by atoms with Crippen molar-refractivity contribution in [1.82, 2.24) is 9.55 Å². The van der Waals surface area contributed by atoms with E-state index in [0.29, 0.717) is 11.5 Å². The third-order valence-corrected chi connectivity index (χ3v) is 10.2. The van der Waals surface area contributed by atoms with Gasteiger partial charge in [0, 0.05) is 50.0 Å². The van der Waals surface area contributed by atoms with Crippen molar-refractivity contribution < 1.29 is 25.8 Å². The van der Waals surface area contributed by atoms with Crippen LogP contribution in [0.5, 0.6) is 11.5 Å². The van der Waals surface area contributed by atoms with Gasteiger partial charge in [-0.15, -0.1) is 48.1 Å². The van der Waals surface area contributed by atoms with Crippen molar-refractivity contribution >= 4 is 33.2 Å². The Morgan fingerprint density at radius 3 is 1.83 bits per heavy atom. The fraction of sp³-hybridized carbons (Fsp3) is 0.333. The summed E-state index contributed by atoms with van der Waals surface area (Å²) in [5.74, 6) is 2.11. The van der Waals surface area contributed by atoms with Gasteiger partial charge in [0.1, 0.15) is 5.82 Å². The van der Waals surface area contributed by atoms with Gasteiger partial charge in [-0.25, -0.2) is 4.98 Å². The van der Waals surface area contributed by atoms with E-state index < -0.39 is 0 Å². The van der Waals surface area contributed by atoms with Gasteiger partial charge in [-0.05, 0) is 92.0 Å². The van der Waals surface area contributed by atoms with Crippen LogP contribution < -0.4 is 14.5 Å². The molecule has 0 saturated carbocycles. The van der Waals surface area contributed by atoms with Crippen molar-refractivity contribution in [2.45, 2.75) is 105 Å². The summed E-state index contributed by atoms with van der Waals surface area (Å²) in [6.07, 6.45) is 6.08. The Morgan fingerprint density at radius 2 is 1.19 bits per heavy atom. The molecule has 3 heterocycles. The van der Waals surface area contributed by atoms with Crippen LogP contribution in [0.3, 0.4) is 0 Å². The number of ether oxygens (including phenoxy) is 1. The van der Waals surface area contributed by atoms with Gasteiger partial charge in [0.2, 0.25) is 0 Å². The zero-order valence-electron chi connectivity index (χ0n) is 33.8. The normalized spacial score (nSPS) is 13.9. The van der Waals surface area contributed by atoms with E-state index in [-0.39, 0.29) is 42.7 Å². The standard InChI is InChI=1S/C48H53N4O.Pt/c1-45(2,3)32-16-19-42-41(27-32)40-18-17-39(30-43(40)52(42)44-28-33(20-21-49-44)46(4,5)6)53-38-15-13-14-36(29-38)50-22-23-51(31-50)37-25-34(47(7,8)9)24-35(26-37)48(10,11)12;/h13-28,31H,1-12H3;/q-3;. The maximum absolute atomic E-state index is 6.52. The Labute approximate surface area is 337 Å². The number of pyridine rings is 1. The zero-order chi connectivity index (χ0) is 38.1. The molecule has 0 radical (unpaired) electrons. The van der Waals surface area contributed by atoms with Gasteiger partial charge in [0.15, 0.2) is 0 Å². The summed E-state index contributed by atoms with van der Waals surface area (Å²) in [6, 6.07) is 35.3. The summed E-state index contributed by atoms with van der Waals surface area (Å²) in [4.78, 5) is 9.14. The molecule has 0 atom stereocenters. The molecule has 0 aliphatic carbocycles. The minimum absolute atomic E-state index is 0. The van der Waals surface area contributed by atoms with Crippen LogP contribution in [0.2, 0.25) is 0 Å². The molecule has 0 N–H and O–H groups in total. The molecular formula is C48H53N4OPt-3. The first kappa shape index (κ1) is 39.4. The Hall–Kier alpha value is -4.34. The van der Waals surface area contributed by atoms with Gasteiger partial charge in [-0.1, -0.05) is 107 Å². The first-order valence-corrected chi connectivity index (χ1v) is 18.7. The predicted molar refractivity (Wildman–Crippen MR) is 222 cm³/mol. The molecule has 0 spiro atoms. The van der Waals surface area contributed by atoms with Crippen LogP contribution in [0, 0.1) is 18.8 Å². The number of rotatable bonds is 5. The number of hydrogen-bond donors (Lipinski definition) is 0. The summed E-state index contributed by atoms with van der Waals surface area (Å²) < 4.78 is 8.74. The van der Waals surface area contributed by atoms with Crippen LogP contribution in [-0.4, -0.2) is 9.55 Å². The van der Waals surface area contributed by atoms with Crippen LogP contribution >= 0.6 is 0 Å². The molecule has 0 fully saturated rings. The summed E-state index contributed by atoms with van der Waals surface area (Å²) in [5, 5.41) is 2.29. The van der Waals surface area contributed by atoms with Gasteiger partial charge in [0.05, 0.1) is 0 Å². The van der Waals surface area contributed by atoms with Crippen molar-refractivity contribution in [1.29, 1.82) is 0 Å². The second kappa shape index (κ2) is 14.1.